The lowest BCUT2D eigenvalue weighted by atomic mass is 10.3. The van der Waals surface area contributed by atoms with Crippen LogP contribution in [0.15, 0.2) is 52.3 Å². The molecule has 0 atom stereocenters. The van der Waals surface area contributed by atoms with E-state index >= 15 is 0 Å². The van der Waals surface area contributed by atoms with Crippen molar-refractivity contribution >= 4 is 11.8 Å². The highest BCUT2D eigenvalue weighted by Gasteiger charge is 2.06. The summed E-state index contributed by atoms with van der Waals surface area (Å²) in [5.74, 6) is 1.02. The number of hydrogen-bond donors (Lipinski definition) is 0. The Bertz CT molecular complexity index is 526. The second kappa shape index (κ2) is 5.78. The Labute approximate surface area is 110 Å². The van der Waals surface area contributed by atoms with Gasteiger partial charge in [-0.05, 0) is 36.4 Å². The van der Waals surface area contributed by atoms with Gasteiger partial charge in [0.15, 0.2) is 0 Å². The third-order valence-electron chi connectivity index (χ3n) is 2.43. The Hall–Kier alpha value is -1.68. The number of hydrogen-bond acceptors (Lipinski definition) is 3. The van der Waals surface area contributed by atoms with Gasteiger partial charge in [-0.15, -0.1) is 0 Å². The first kappa shape index (κ1) is 12.8. The van der Waals surface area contributed by atoms with Crippen molar-refractivity contribution in [2.45, 2.75) is 9.79 Å². The largest absolute Gasteiger partial charge is 0.497 e. The standard InChI is InChI=1S/C14H13FO2S/c1-16-10-3-6-12(7-4-10)18-14-8-5-11(17-2)9-13(14)15/h3-9H,1-2H3. The first-order valence-corrected chi connectivity index (χ1v) is 6.20. The monoisotopic (exact) mass is 264 g/mol. The Kier molecular flexibility index (Phi) is 4.10. The van der Waals surface area contributed by atoms with Crippen LogP contribution in [0.4, 0.5) is 4.39 Å². The van der Waals surface area contributed by atoms with E-state index in [0.717, 1.165) is 10.6 Å². The molecule has 0 spiro atoms. The van der Waals surface area contributed by atoms with E-state index in [9.17, 15) is 4.39 Å². The van der Waals surface area contributed by atoms with Crippen LogP contribution in [0.3, 0.4) is 0 Å². The van der Waals surface area contributed by atoms with E-state index in [4.69, 9.17) is 9.47 Å². The Morgan fingerprint density at radius 1 is 0.889 bits per heavy atom. The summed E-state index contributed by atoms with van der Waals surface area (Å²) in [5, 5.41) is 0. The van der Waals surface area contributed by atoms with Gasteiger partial charge in [-0.3, -0.25) is 0 Å². The SMILES string of the molecule is COc1ccc(Sc2ccc(OC)cc2F)cc1. The summed E-state index contributed by atoms with van der Waals surface area (Å²) in [5.41, 5.74) is 0. The molecular weight excluding hydrogens is 251 g/mol. The van der Waals surface area contributed by atoms with Crippen LogP contribution in [0, 0.1) is 5.82 Å². The van der Waals surface area contributed by atoms with Crippen LogP contribution in [-0.2, 0) is 0 Å². The minimum Gasteiger partial charge on any atom is -0.497 e. The smallest absolute Gasteiger partial charge is 0.140 e. The van der Waals surface area contributed by atoms with Gasteiger partial charge in [0.2, 0.25) is 0 Å². The molecule has 0 N–H and O–H groups in total. The van der Waals surface area contributed by atoms with Crippen LogP contribution in [0.25, 0.3) is 0 Å². The summed E-state index contributed by atoms with van der Waals surface area (Å²) in [7, 11) is 3.14. The summed E-state index contributed by atoms with van der Waals surface area (Å²) >= 11 is 1.37. The molecule has 4 heteroatoms. The molecule has 0 aliphatic rings. The van der Waals surface area contributed by atoms with E-state index < -0.39 is 0 Å². The highest BCUT2D eigenvalue weighted by molar-refractivity contribution is 7.99. The lowest BCUT2D eigenvalue weighted by Gasteiger charge is -2.06. The van der Waals surface area contributed by atoms with Crippen LogP contribution >= 0.6 is 11.8 Å². The molecule has 0 saturated carbocycles. The molecule has 0 unspecified atom stereocenters. The summed E-state index contributed by atoms with van der Waals surface area (Å²) in [6.45, 7) is 0. The van der Waals surface area contributed by atoms with Gasteiger partial charge in [-0.25, -0.2) is 4.39 Å². The van der Waals surface area contributed by atoms with E-state index in [1.165, 1.54) is 24.9 Å². The Morgan fingerprint density at radius 2 is 1.50 bits per heavy atom. The van der Waals surface area contributed by atoms with Gasteiger partial charge in [-0.2, -0.15) is 0 Å². The zero-order chi connectivity index (χ0) is 13.0. The predicted molar refractivity (Wildman–Crippen MR) is 70.1 cm³/mol. The molecule has 2 aromatic carbocycles. The maximum atomic E-state index is 13.7. The molecule has 94 valence electrons. The van der Waals surface area contributed by atoms with Gasteiger partial charge in [0.1, 0.15) is 17.3 Å². The topological polar surface area (TPSA) is 18.5 Å². The van der Waals surface area contributed by atoms with Gasteiger partial charge >= 0.3 is 0 Å². The van der Waals surface area contributed by atoms with Crippen LogP contribution in [0.5, 0.6) is 11.5 Å². The van der Waals surface area contributed by atoms with Crippen molar-refractivity contribution in [1.82, 2.24) is 0 Å². The zero-order valence-corrected chi connectivity index (χ0v) is 11.0. The van der Waals surface area contributed by atoms with Crippen molar-refractivity contribution in [3.63, 3.8) is 0 Å². The normalized spacial score (nSPS) is 10.2. The van der Waals surface area contributed by atoms with E-state index in [0.29, 0.717) is 10.6 Å². The highest BCUT2D eigenvalue weighted by atomic mass is 32.2. The van der Waals surface area contributed by atoms with Crippen molar-refractivity contribution in [1.29, 1.82) is 0 Å². The van der Waals surface area contributed by atoms with Crippen LogP contribution in [0.1, 0.15) is 0 Å². The quantitative estimate of drug-likeness (QED) is 0.831. The van der Waals surface area contributed by atoms with Crippen LogP contribution in [-0.4, -0.2) is 14.2 Å². The molecule has 0 heterocycles. The third-order valence-corrected chi connectivity index (χ3v) is 3.49. The Morgan fingerprint density at radius 3 is 2.06 bits per heavy atom. The molecule has 2 rings (SSSR count). The van der Waals surface area contributed by atoms with Crippen molar-refractivity contribution in [3.8, 4) is 11.5 Å². The average Bonchev–Trinajstić information content (AvgIpc) is 2.42. The summed E-state index contributed by atoms with van der Waals surface area (Å²) < 4.78 is 23.8. The van der Waals surface area contributed by atoms with E-state index in [-0.39, 0.29) is 5.82 Å². The molecule has 2 nitrogen and oxygen atoms in total. The maximum absolute atomic E-state index is 13.7. The molecule has 2 aromatic rings. The fraction of sp³-hybridized carbons (Fsp3) is 0.143. The van der Waals surface area contributed by atoms with Crippen LogP contribution < -0.4 is 9.47 Å². The third kappa shape index (κ3) is 2.96. The molecule has 0 aromatic heterocycles. The number of methoxy groups -OCH3 is 2. The summed E-state index contributed by atoms with van der Waals surface area (Å²) in [4.78, 5) is 1.53. The van der Waals surface area contributed by atoms with Gasteiger partial charge in [0.25, 0.3) is 0 Å². The maximum Gasteiger partial charge on any atom is 0.140 e. The fourth-order valence-corrected chi connectivity index (χ4v) is 2.28. The van der Waals surface area contributed by atoms with Gasteiger partial charge < -0.3 is 9.47 Å². The minimum atomic E-state index is -0.282. The highest BCUT2D eigenvalue weighted by Crippen LogP contribution is 2.32. The molecule has 0 amide bonds. The van der Waals surface area contributed by atoms with E-state index in [1.807, 2.05) is 24.3 Å². The summed E-state index contributed by atoms with van der Waals surface area (Å²) in [6.07, 6.45) is 0. The number of ether oxygens (including phenoxy) is 2. The van der Waals surface area contributed by atoms with Crippen molar-refractivity contribution in [3.05, 3.63) is 48.3 Å². The molecule has 0 saturated heterocycles. The molecular formula is C14H13FO2S. The lowest BCUT2D eigenvalue weighted by Crippen LogP contribution is -1.86. The lowest BCUT2D eigenvalue weighted by molar-refractivity contribution is 0.410. The molecule has 0 aliphatic carbocycles. The van der Waals surface area contributed by atoms with Crippen molar-refractivity contribution in [2.24, 2.45) is 0 Å². The second-order valence-corrected chi connectivity index (χ2v) is 4.69. The molecule has 0 fully saturated rings. The molecule has 18 heavy (non-hydrogen) atoms. The minimum absolute atomic E-state index is 0.282. The van der Waals surface area contributed by atoms with Crippen LogP contribution in [0.2, 0.25) is 0 Å². The fourth-order valence-electron chi connectivity index (χ4n) is 1.46. The number of benzene rings is 2. The number of rotatable bonds is 4. The van der Waals surface area contributed by atoms with Crippen molar-refractivity contribution in [2.75, 3.05) is 14.2 Å². The zero-order valence-electron chi connectivity index (χ0n) is 10.1. The average molecular weight is 264 g/mol. The second-order valence-electron chi connectivity index (χ2n) is 3.57. The summed E-state index contributed by atoms with van der Waals surface area (Å²) in [6, 6.07) is 12.3. The first-order valence-electron chi connectivity index (χ1n) is 5.38. The van der Waals surface area contributed by atoms with Crippen molar-refractivity contribution < 1.29 is 13.9 Å². The first-order chi connectivity index (χ1) is 8.72. The Balaban J connectivity index is 2.17. The molecule has 0 aliphatic heterocycles. The van der Waals surface area contributed by atoms with E-state index in [2.05, 4.69) is 0 Å². The number of halogens is 1. The predicted octanol–water partition coefficient (Wildman–Crippen LogP) is 3.99. The molecule has 0 bridgehead atoms. The van der Waals surface area contributed by atoms with Gasteiger partial charge in [-0.1, -0.05) is 11.8 Å². The molecule has 0 radical (unpaired) electrons. The van der Waals surface area contributed by atoms with E-state index in [1.54, 1.807) is 19.2 Å². The van der Waals surface area contributed by atoms with Gasteiger partial charge in [0, 0.05) is 15.9 Å². The van der Waals surface area contributed by atoms with Gasteiger partial charge in [0.05, 0.1) is 14.2 Å².